The molecule has 0 heterocycles. The maximum Gasteiger partial charge on any atom is 0.339 e. The van der Waals surface area contributed by atoms with E-state index in [1.54, 1.807) is 44.2 Å². The Morgan fingerprint density at radius 3 is 2.19 bits per heavy atom. The van der Waals surface area contributed by atoms with Crippen molar-refractivity contribution in [1.82, 2.24) is 0 Å². The van der Waals surface area contributed by atoms with Gasteiger partial charge in [0.2, 0.25) is 0 Å². The molecule has 0 unspecified atom stereocenters. The van der Waals surface area contributed by atoms with E-state index in [9.17, 15) is 8.42 Å². The summed E-state index contributed by atoms with van der Waals surface area (Å²) < 4.78 is 36.8. The molecule has 0 radical (unpaired) electrons. The first-order valence-corrected chi connectivity index (χ1v) is 9.98. The Bertz CT molecular complexity index is 1050. The number of halogens is 1. The Morgan fingerprint density at radius 1 is 0.962 bits per heavy atom. The topological polar surface area (TPSA) is 52.6 Å². The van der Waals surface area contributed by atoms with Crippen molar-refractivity contribution >= 4 is 32.5 Å². The van der Waals surface area contributed by atoms with Gasteiger partial charge in [-0.05, 0) is 56.2 Å². The lowest BCUT2D eigenvalue weighted by Crippen LogP contribution is -2.11. The highest BCUT2D eigenvalue weighted by Crippen LogP contribution is 2.33. The maximum atomic E-state index is 12.9. The zero-order valence-corrected chi connectivity index (χ0v) is 16.3. The van der Waals surface area contributed by atoms with Crippen LogP contribution < -0.4 is 8.92 Å². The van der Waals surface area contributed by atoms with Crippen molar-refractivity contribution in [2.75, 3.05) is 6.61 Å². The predicted molar refractivity (Wildman–Crippen MR) is 104 cm³/mol. The van der Waals surface area contributed by atoms with E-state index in [4.69, 9.17) is 20.5 Å². The molecule has 0 aliphatic carbocycles. The van der Waals surface area contributed by atoms with Gasteiger partial charge in [0.1, 0.15) is 16.4 Å². The van der Waals surface area contributed by atoms with E-state index in [1.807, 2.05) is 19.1 Å². The summed E-state index contributed by atoms with van der Waals surface area (Å²) in [6.07, 6.45) is 0. The van der Waals surface area contributed by atoms with E-state index < -0.39 is 10.1 Å². The normalized spacial score (nSPS) is 11.5. The fraction of sp³-hybridized carbons (Fsp3) is 0.200. The van der Waals surface area contributed by atoms with Gasteiger partial charge in [-0.25, -0.2) is 0 Å². The lowest BCUT2D eigenvalue weighted by atomic mass is 10.1. The molecule has 26 heavy (non-hydrogen) atoms. The second-order valence-electron chi connectivity index (χ2n) is 5.95. The van der Waals surface area contributed by atoms with Gasteiger partial charge >= 0.3 is 10.1 Å². The standard InChI is InChI=1S/C20H19ClO4S/c1-4-24-18-9-10-19(17-8-6-5-7-16(17)18)26(22,23)25-15-11-13(2)20(21)14(3)12-15/h5-12H,4H2,1-3H3. The average Bonchev–Trinajstić information content (AvgIpc) is 2.59. The van der Waals surface area contributed by atoms with Gasteiger partial charge in [0.15, 0.2) is 0 Å². The largest absolute Gasteiger partial charge is 0.493 e. The van der Waals surface area contributed by atoms with Crippen molar-refractivity contribution in [3.63, 3.8) is 0 Å². The van der Waals surface area contributed by atoms with Crippen LogP contribution in [0.4, 0.5) is 0 Å². The minimum atomic E-state index is -4.02. The molecule has 0 spiro atoms. The molecule has 3 aromatic carbocycles. The first-order valence-electron chi connectivity index (χ1n) is 8.19. The number of hydrogen-bond donors (Lipinski definition) is 0. The van der Waals surface area contributed by atoms with Crippen LogP contribution in [-0.4, -0.2) is 15.0 Å². The highest BCUT2D eigenvalue weighted by Gasteiger charge is 2.22. The van der Waals surface area contributed by atoms with Crippen molar-refractivity contribution in [2.45, 2.75) is 25.7 Å². The molecule has 4 nitrogen and oxygen atoms in total. The number of fused-ring (bicyclic) bond motifs is 1. The molecule has 6 heteroatoms. The van der Waals surface area contributed by atoms with Crippen LogP contribution in [0.15, 0.2) is 53.4 Å². The van der Waals surface area contributed by atoms with Crippen LogP contribution in [0.5, 0.6) is 11.5 Å². The molecule has 0 N–H and O–H groups in total. The van der Waals surface area contributed by atoms with E-state index in [0.717, 1.165) is 16.5 Å². The first-order chi connectivity index (χ1) is 12.3. The highest BCUT2D eigenvalue weighted by molar-refractivity contribution is 7.87. The Kier molecular flexibility index (Phi) is 5.12. The molecule has 0 saturated carbocycles. The molecule has 3 aromatic rings. The van der Waals surface area contributed by atoms with Crippen LogP contribution >= 0.6 is 11.6 Å². The van der Waals surface area contributed by atoms with Gasteiger partial charge in [0.25, 0.3) is 0 Å². The summed E-state index contributed by atoms with van der Waals surface area (Å²) in [7, 11) is -4.02. The Morgan fingerprint density at radius 2 is 1.58 bits per heavy atom. The Balaban J connectivity index is 2.09. The SMILES string of the molecule is CCOc1ccc(S(=O)(=O)Oc2cc(C)c(Cl)c(C)c2)c2ccccc12. The molecule has 136 valence electrons. The lowest BCUT2D eigenvalue weighted by molar-refractivity contribution is 0.344. The van der Waals surface area contributed by atoms with E-state index in [1.165, 1.54) is 6.07 Å². The lowest BCUT2D eigenvalue weighted by Gasteiger charge is -2.13. The number of hydrogen-bond acceptors (Lipinski definition) is 4. The summed E-state index contributed by atoms with van der Waals surface area (Å²) in [5.74, 6) is 0.877. The summed E-state index contributed by atoms with van der Waals surface area (Å²) in [5.41, 5.74) is 1.52. The number of ether oxygens (including phenoxy) is 1. The average molecular weight is 391 g/mol. The smallest absolute Gasteiger partial charge is 0.339 e. The van der Waals surface area contributed by atoms with Crippen LogP contribution in [0.3, 0.4) is 0 Å². The van der Waals surface area contributed by atoms with E-state index in [0.29, 0.717) is 22.8 Å². The summed E-state index contributed by atoms with van der Waals surface area (Å²) >= 11 is 6.14. The zero-order chi connectivity index (χ0) is 18.9. The fourth-order valence-corrected chi connectivity index (χ4v) is 4.10. The molecule has 3 rings (SSSR count). The minimum absolute atomic E-state index is 0.0989. The van der Waals surface area contributed by atoms with Gasteiger partial charge in [0, 0.05) is 15.8 Å². The van der Waals surface area contributed by atoms with E-state index in [2.05, 4.69) is 0 Å². The third kappa shape index (κ3) is 3.50. The molecule has 0 saturated heterocycles. The van der Waals surface area contributed by atoms with Gasteiger partial charge in [0.05, 0.1) is 6.61 Å². The second kappa shape index (κ2) is 7.17. The fourth-order valence-electron chi connectivity index (χ4n) is 2.87. The Hall–Kier alpha value is -2.24. The summed E-state index contributed by atoms with van der Waals surface area (Å²) in [4.78, 5) is 0.0989. The quantitative estimate of drug-likeness (QED) is 0.556. The Labute approximate surface area is 158 Å². The number of rotatable bonds is 5. The highest BCUT2D eigenvalue weighted by atomic mass is 35.5. The summed E-state index contributed by atoms with van der Waals surface area (Å²) in [6, 6.07) is 13.6. The molecule has 0 atom stereocenters. The van der Waals surface area contributed by atoms with Crippen LogP contribution in [0.1, 0.15) is 18.1 Å². The molecule has 0 aliphatic rings. The summed E-state index contributed by atoms with van der Waals surface area (Å²) in [6.45, 7) is 5.99. The van der Waals surface area contributed by atoms with Gasteiger partial charge < -0.3 is 8.92 Å². The molecule has 0 bridgehead atoms. The van der Waals surface area contributed by atoms with E-state index in [-0.39, 0.29) is 10.6 Å². The molecular formula is C20H19ClO4S. The molecule has 0 fully saturated rings. The molecule has 0 amide bonds. The van der Waals surface area contributed by atoms with Crippen molar-refractivity contribution < 1.29 is 17.3 Å². The minimum Gasteiger partial charge on any atom is -0.493 e. The van der Waals surface area contributed by atoms with Crippen LogP contribution in [0.2, 0.25) is 5.02 Å². The van der Waals surface area contributed by atoms with Crippen LogP contribution in [0, 0.1) is 13.8 Å². The second-order valence-corrected chi connectivity index (χ2v) is 7.84. The van der Waals surface area contributed by atoms with Crippen LogP contribution in [0.25, 0.3) is 10.8 Å². The van der Waals surface area contributed by atoms with Gasteiger partial charge in [-0.1, -0.05) is 35.9 Å². The number of benzene rings is 3. The number of aryl methyl sites for hydroxylation is 2. The summed E-state index contributed by atoms with van der Waals surface area (Å²) in [5, 5.41) is 1.88. The van der Waals surface area contributed by atoms with Crippen molar-refractivity contribution in [3.05, 3.63) is 64.7 Å². The van der Waals surface area contributed by atoms with E-state index >= 15 is 0 Å². The predicted octanol–water partition coefficient (Wildman–Crippen LogP) is 5.28. The third-order valence-corrected chi connectivity index (χ3v) is 5.93. The first kappa shape index (κ1) is 18.5. The third-order valence-electron chi connectivity index (χ3n) is 4.03. The van der Waals surface area contributed by atoms with Gasteiger partial charge in [-0.2, -0.15) is 8.42 Å². The van der Waals surface area contributed by atoms with Crippen LogP contribution in [-0.2, 0) is 10.1 Å². The molecule has 0 aliphatic heterocycles. The van der Waals surface area contributed by atoms with Crippen molar-refractivity contribution in [3.8, 4) is 11.5 Å². The molecular weight excluding hydrogens is 372 g/mol. The zero-order valence-electron chi connectivity index (χ0n) is 14.7. The van der Waals surface area contributed by atoms with Crippen molar-refractivity contribution in [2.24, 2.45) is 0 Å². The maximum absolute atomic E-state index is 12.9. The van der Waals surface area contributed by atoms with Gasteiger partial charge in [-0.3, -0.25) is 0 Å². The van der Waals surface area contributed by atoms with Gasteiger partial charge in [-0.15, -0.1) is 0 Å². The van der Waals surface area contributed by atoms with Crippen molar-refractivity contribution in [1.29, 1.82) is 0 Å². The molecule has 0 aromatic heterocycles. The monoisotopic (exact) mass is 390 g/mol.